The number of sulfone groups is 1. The molecule has 0 saturated carbocycles. The summed E-state index contributed by atoms with van der Waals surface area (Å²) < 4.78 is 24.9. The van der Waals surface area contributed by atoms with Gasteiger partial charge in [-0.3, -0.25) is 10.0 Å². The van der Waals surface area contributed by atoms with Gasteiger partial charge in [-0.2, -0.15) is 0 Å². The second-order valence-electron chi connectivity index (χ2n) is 6.63. The number of anilines is 1. The third kappa shape index (κ3) is 8.86. The number of hydrogen-bond acceptors (Lipinski definition) is 6. The van der Waals surface area contributed by atoms with Crippen molar-refractivity contribution in [3.8, 4) is 0 Å². The third-order valence-corrected chi connectivity index (χ3v) is 6.15. The topological polar surface area (TPSA) is 98.7 Å². The van der Waals surface area contributed by atoms with Gasteiger partial charge < -0.3 is 10.2 Å². The van der Waals surface area contributed by atoms with Gasteiger partial charge in [-0.25, -0.2) is 13.9 Å². The van der Waals surface area contributed by atoms with E-state index in [1.54, 1.807) is 6.07 Å². The maximum atomic E-state index is 12.5. The lowest BCUT2D eigenvalue weighted by Gasteiger charge is -2.19. The molecule has 0 saturated heterocycles. The molecule has 0 spiro atoms. The summed E-state index contributed by atoms with van der Waals surface area (Å²) in [5.41, 5.74) is 3.70. The maximum Gasteiger partial charge on any atom is 0.267 e. The number of rotatable bonds is 13. The molecule has 7 nitrogen and oxygen atoms in total. The smallest absolute Gasteiger partial charge is 0.267 e. The fourth-order valence-electron chi connectivity index (χ4n) is 2.78. The predicted octanol–water partition coefficient (Wildman–Crippen LogP) is 2.67. The molecule has 0 aliphatic carbocycles. The Labute approximate surface area is 168 Å². The zero-order valence-electron chi connectivity index (χ0n) is 17.1. The molecular formula is C20H33N3O4S. The van der Waals surface area contributed by atoms with Gasteiger partial charge in [0.1, 0.15) is 0 Å². The van der Waals surface area contributed by atoms with E-state index in [0.717, 1.165) is 31.7 Å². The Morgan fingerprint density at radius 2 is 1.93 bits per heavy atom. The van der Waals surface area contributed by atoms with Gasteiger partial charge in [-0.15, -0.1) is 0 Å². The molecular weight excluding hydrogens is 378 g/mol. The van der Waals surface area contributed by atoms with Crippen molar-refractivity contribution in [3.05, 3.63) is 35.4 Å². The Morgan fingerprint density at radius 1 is 1.21 bits per heavy atom. The van der Waals surface area contributed by atoms with Crippen LogP contribution in [0, 0.1) is 0 Å². The lowest BCUT2D eigenvalue weighted by molar-refractivity contribution is -0.124. The fourth-order valence-corrected chi connectivity index (χ4v) is 4.37. The number of nitrogens with one attached hydrogen (secondary N) is 2. The zero-order valence-corrected chi connectivity index (χ0v) is 17.9. The van der Waals surface area contributed by atoms with Gasteiger partial charge in [0.2, 0.25) is 0 Å². The van der Waals surface area contributed by atoms with E-state index in [1.165, 1.54) is 17.6 Å². The quantitative estimate of drug-likeness (QED) is 0.262. The number of benzene rings is 1. The minimum atomic E-state index is -3.22. The van der Waals surface area contributed by atoms with Crippen molar-refractivity contribution < 1.29 is 18.4 Å². The monoisotopic (exact) mass is 411 g/mol. The molecule has 0 atom stereocenters. The molecule has 0 unspecified atom stereocenters. The van der Waals surface area contributed by atoms with E-state index in [2.05, 4.69) is 24.1 Å². The predicted molar refractivity (Wildman–Crippen MR) is 114 cm³/mol. The number of unbranched alkanes of at least 4 members (excludes halogenated alkanes) is 1. The first-order chi connectivity index (χ1) is 13.3. The van der Waals surface area contributed by atoms with Crippen molar-refractivity contribution >= 4 is 27.5 Å². The van der Waals surface area contributed by atoms with Crippen LogP contribution in [0.1, 0.15) is 44.7 Å². The first-order valence-electron chi connectivity index (χ1n) is 9.76. The van der Waals surface area contributed by atoms with Gasteiger partial charge in [0.15, 0.2) is 9.84 Å². The zero-order chi connectivity index (χ0) is 21.0. The van der Waals surface area contributed by atoms with Crippen molar-refractivity contribution in [2.45, 2.75) is 39.4 Å². The SMILES string of the molecule is CCCCS(=O)(=O)Cc1cc(/C=C/C(=O)NO)ccc1NCCN(CC)CC. The Kier molecular flexibility index (Phi) is 10.8. The van der Waals surface area contributed by atoms with Crippen LogP contribution in [0.25, 0.3) is 6.08 Å². The summed E-state index contributed by atoms with van der Waals surface area (Å²) in [6.07, 6.45) is 4.20. The van der Waals surface area contributed by atoms with Crippen molar-refractivity contribution in [2.75, 3.05) is 37.2 Å². The van der Waals surface area contributed by atoms with Crippen molar-refractivity contribution in [1.29, 1.82) is 0 Å². The fraction of sp³-hybridized carbons (Fsp3) is 0.550. The molecule has 0 bridgehead atoms. The van der Waals surface area contributed by atoms with Gasteiger partial charge >= 0.3 is 0 Å². The highest BCUT2D eigenvalue weighted by Gasteiger charge is 2.15. The van der Waals surface area contributed by atoms with Crippen LogP contribution in [0.3, 0.4) is 0 Å². The minimum Gasteiger partial charge on any atom is -0.384 e. The van der Waals surface area contributed by atoms with Crippen LogP contribution in [-0.2, 0) is 20.4 Å². The summed E-state index contributed by atoms with van der Waals surface area (Å²) in [6.45, 7) is 9.70. The molecule has 0 aromatic heterocycles. The van der Waals surface area contributed by atoms with Crippen LogP contribution >= 0.6 is 0 Å². The first-order valence-corrected chi connectivity index (χ1v) is 11.6. The Hall–Kier alpha value is -1.90. The number of amides is 1. The summed E-state index contributed by atoms with van der Waals surface area (Å²) in [5.74, 6) is -0.525. The van der Waals surface area contributed by atoms with Crippen LogP contribution in [0.5, 0.6) is 0 Å². The summed E-state index contributed by atoms with van der Waals surface area (Å²) >= 11 is 0. The molecule has 0 aliphatic heterocycles. The van der Waals surface area contributed by atoms with Crippen LogP contribution in [0.15, 0.2) is 24.3 Å². The number of nitrogens with zero attached hydrogens (tertiary/aromatic N) is 1. The summed E-state index contributed by atoms with van der Waals surface area (Å²) in [6, 6.07) is 5.41. The van der Waals surface area contributed by atoms with E-state index < -0.39 is 15.7 Å². The molecule has 1 amide bonds. The van der Waals surface area contributed by atoms with E-state index in [0.29, 0.717) is 24.1 Å². The highest BCUT2D eigenvalue weighted by Crippen LogP contribution is 2.22. The summed E-state index contributed by atoms with van der Waals surface area (Å²) in [5, 5.41) is 11.9. The Bertz CT molecular complexity index is 744. The van der Waals surface area contributed by atoms with E-state index in [1.807, 2.05) is 19.1 Å². The van der Waals surface area contributed by atoms with E-state index in [9.17, 15) is 13.2 Å². The van der Waals surface area contributed by atoms with Crippen LogP contribution in [0.4, 0.5) is 5.69 Å². The van der Waals surface area contributed by atoms with Gasteiger partial charge in [0.25, 0.3) is 5.91 Å². The molecule has 0 fully saturated rings. The lowest BCUT2D eigenvalue weighted by atomic mass is 10.1. The number of likely N-dealkylation sites (N-methyl/N-ethyl adjacent to an activating group) is 1. The highest BCUT2D eigenvalue weighted by molar-refractivity contribution is 7.90. The number of carbonyl (C=O) groups is 1. The third-order valence-electron chi connectivity index (χ3n) is 4.49. The van der Waals surface area contributed by atoms with Crippen LogP contribution in [0.2, 0.25) is 0 Å². The van der Waals surface area contributed by atoms with E-state index in [4.69, 9.17) is 5.21 Å². The second kappa shape index (κ2) is 12.5. The Balaban J connectivity index is 3.02. The first kappa shape index (κ1) is 24.1. The van der Waals surface area contributed by atoms with Crippen molar-refractivity contribution in [3.63, 3.8) is 0 Å². The average Bonchev–Trinajstić information content (AvgIpc) is 2.68. The summed E-state index contributed by atoms with van der Waals surface area (Å²) in [7, 11) is -3.22. The number of hydrogen-bond donors (Lipinski definition) is 3. The maximum absolute atomic E-state index is 12.5. The normalized spacial score (nSPS) is 11.9. The van der Waals surface area contributed by atoms with Gasteiger partial charge in [0.05, 0.1) is 11.5 Å². The molecule has 8 heteroatoms. The van der Waals surface area contributed by atoms with Crippen molar-refractivity contribution in [2.24, 2.45) is 0 Å². The van der Waals surface area contributed by atoms with Crippen LogP contribution in [-0.4, -0.2) is 56.4 Å². The number of carbonyl (C=O) groups excluding carboxylic acids is 1. The molecule has 0 heterocycles. The second-order valence-corrected chi connectivity index (χ2v) is 8.81. The molecule has 3 N–H and O–H groups in total. The summed E-state index contributed by atoms with van der Waals surface area (Å²) in [4.78, 5) is 13.5. The standard InChI is InChI=1S/C20H33N3O4S/c1-4-7-14-28(26,27)16-18-15-17(9-11-20(24)22-25)8-10-19(18)21-12-13-23(5-2)6-3/h8-11,15,21,25H,4-7,12-14,16H2,1-3H3,(H,22,24)/b11-9+. The molecule has 0 radical (unpaired) electrons. The van der Waals surface area contributed by atoms with Crippen LogP contribution < -0.4 is 10.8 Å². The molecule has 1 aromatic carbocycles. The van der Waals surface area contributed by atoms with Gasteiger partial charge in [-0.1, -0.05) is 33.3 Å². The molecule has 1 rings (SSSR count). The van der Waals surface area contributed by atoms with E-state index >= 15 is 0 Å². The lowest BCUT2D eigenvalue weighted by Crippen LogP contribution is -2.28. The largest absolute Gasteiger partial charge is 0.384 e. The molecule has 1 aromatic rings. The van der Waals surface area contributed by atoms with Gasteiger partial charge in [-0.05, 0) is 48.8 Å². The molecule has 28 heavy (non-hydrogen) atoms. The number of hydroxylamine groups is 1. The highest BCUT2D eigenvalue weighted by atomic mass is 32.2. The average molecular weight is 412 g/mol. The van der Waals surface area contributed by atoms with Gasteiger partial charge in [0, 0.05) is 24.9 Å². The molecule has 158 valence electrons. The minimum absolute atomic E-state index is 0.0471. The van der Waals surface area contributed by atoms with Crippen molar-refractivity contribution in [1.82, 2.24) is 10.4 Å². The Morgan fingerprint density at radius 3 is 2.54 bits per heavy atom. The molecule has 0 aliphatic rings. The van der Waals surface area contributed by atoms with E-state index in [-0.39, 0.29) is 11.5 Å².